The first kappa shape index (κ1) is 14.4. The summed E-state index contributed by atoms with van der Waals surface area (Å²) in [5.74, 6) is 0.660. The molecule has 0 bridgehead atoms. The van der Waals surface area contributed by atoms with Crippen molar-refractivity contribution in [2.45, 2.75) is 39.3 Å². The second kappa shape index (κ2) is 6.92. The summed E-state index contributed by atoms with van der Waals surface area (Å²) in [5, 5.41) is 12.4. The lowest BCUT2D eigenvalue weighted by Gasteiger charge is -2.19. The van der Waals surface area contributed by atoms with Crippen molar-refractivity contribution in [3.05, 3.63) is 29.8 Å². The van der Waals surface area contributed by atoms with Crippen LogP contribution in [0.4, 0.5) is 5.69 Å². The van der Waals surface area contributed by atoms with Gasteiger partial charge in [-0.1, -0.05) is 26.0 Å². The minimum Gasteiger partial charge on any atom is -0.396 e. The van der Waals surface area contributed by atoms with Gasteiger partial charge < -0.3 is 15.3 Å². The van der Waals surface area contributed by atoms with Crippen molar-refractivity contribution in [3.8, 4) is 0 Å². The number of aliphatic hydroxyl groups excluding tert-OH is 1. The molecule has 1 unspecified atom stereocenters. The maximum Gasteiger partial charge on any atom is 0.0434 e. The lowest BCUT2D eigenvalue weighted by molar-refractivity contribution is 0.263. The van der Waals surface area contributed by atoms with Crippen molar-refractivity contribution < 1.29 is 5.11 Å². The molecule has 1 aromatic rings. The zero-order chi connectivity index (χ0) is 13.7. The Morgan fingerprint density at radius 1 is 1.32 bits per heavy atom. The summed E-state index contributed by atoms with van der Waals surface area (Å²) >= 11 is 0. The fourth-order valence-electron chi connectivity index (χ4n) is 2.63. The first-order valence-electron chi connectivity index (χ1n) is 7.37. The molecule has 1 aliphatic rings. The van der Waals surface area contributed by atoms with Crippen molar-refractivity contribution >= 4 is 5.69 Å². The van der Waals surface area contributed by atoms with Crippen LogP contribution < -0.4 is 10.2 Å². The fourth-order valence-corrected chi connectivity index (χ4v) is 2.63. The van der Waals surface area contributed by atoms with Crippen LogP contribution in [0.25, 0.3) is 0 Å². The Balaban J connectivity index is 1.88. The van der Waals surface area contributed by atoms with Crippen LogP contribution in [0.1, 0.15) is 32.3 Å². The van der Waals surface area contributed by atoms with Crippen LogP contribution in [0.5, 0.6) is 0 Å². The normalized spacial score (nSPS) is 19.4. The zero-order valence-corrected chi connectivity index (χ0v) is 12.1. The predicted molar refractivity (Wildman–Crippen MR) is 80.4 cm³/mol. The summed E-state index contributed by atoms with van der Waals surface area (Å²) < 4.78 is 0. The molecule has 19 heavy (non-hydrogen) atoms. The number of benzene rings is 1. The van der Waals surface area contributed by atoms with Gasteiger partial charge in [-0.2, -0.15) is 0 Å². The number of hydrogen-bond donors (Lipinski definition) is 2. The van der Waals surface area contributed by atoms with E-state index in [1.54, 1.807) is 0 Å². The van der Waals surface area contributed by atoms with E-state index in [-0.39, 0.29) is 0 Å². The lowest BCUT2D eigenvalue weighted by atomic mass is 10.1. The average molecular weight is 262 g/mol. The Morgan fingerprint density at radius 3 is 2.68 bits per heavy atom. The topological polar surface area (TPSA) is 35.5 Å². The van der Waals surface area contributed by atoms with Gasteiger partial charge in [-0.3, -0.25) is 0 Å². The van der Waals surface area contributed by atoms with Crippen molar-refractivity contribution in [1.29, 1.82) is 0 Å². The number of nitrogens with one attached hydrogen (secondary N) is 1. The van der Waals surface area contributed by atoms with Gasteiger partial charge in [0.25, 0.3) is 0 Å². The van der Waals surface area contributed by atoms with E-state index in [1.165, 1.54) is 17.7 Å². The van der Waals surface area contributed by atoms with Gasteiger partial charge in [0.1, 0.15) is 0 Å². The van der Waals surface area contributed by atoms with Crippen LogP contribution in [0.15, 0.2) is 24.3 Å². The molecule has 1 aromatic carbocycles. The van der Waals surface area contributed by atoms with E-state index in [0.29, 0.717) is 18.6 Å². The molecule has 0 aromatic heterocycles. The summed E-state index contributed by atoms with van der Waals surface area (Å²) in [6.07, 6.45) is 2.14. The van der Waals surface area contributed by atoms with Gasteiger partial charge in [0.05, 0.1) is 0 Å². The third kappa shape index (κ3) is 4.22. The largest absolute Gasteiger partial charge is 0.396 e. The molecular weight excluding hydrogens is 236 g/mol. The third-order valence-electron chi connectivity index (χ3n) is 3.84. The van der Waals surface area contributed by atoms with E-state index < -0.39 is 0 Å². The Hall–Kier alpha value is -1.06. The molecule has 1 atom stereocenters. The van der Waals surface area contributed by atoms with E-state index in [4.69, 9.17) is 5.11 Å². The minimum atomic E-state index is 0.318. The van der Waals surface area contributed by atoms with Crippen molar-refractivity contribution in [1.82, 2.24) is 5.32 Å². The molecule has 3 heteroatoms. The first-order valence-corrected chi connectivity index (χ1v) is 7.37. The number of nitrogens with zero attached hydrogens (tertiary/aromatic N) is 1. The maximum atomic E-state index is 9.00. The van der Waals surface area contributed by atoms with Crippen molar-refractivity contribution in [2.75, 3.05) is 24.6 Å². The van der Waals surface area contributed by atoms with Crippen LogP contribution in [0.2, 0.25) is 0 Å². The molecule has 1 fully saturated rings. The smallest absolute Gasteiger partial charge is 0.0434 e. The highest BCUT2D eigenvalue weighted by molar-refractivity contribution is 5.48. The Morgan fingerprint density at radius 2 is 2.05 bits per heavy atom. The summed E-state index contributed by atoms with van der Waals surface area (Å²) in [6, 6.07) is 9.39. The van der Waals surface area contributed by atoms with Crippen molar-refractivity contribution in [2.24, 2.45) is 5.92 Å². The van der Waals surface area contributed by atoms with Gasteiger partial charge in [0.2, 0.25) is 0 Å². The SMILES string of the molecule is CC(C)NCc1ccc(N2CCC(CCO)C2)cc1. The number of anilines is 1. The van der Waals surface area contributed by atoms with Crippen molar-refractivity contribution in [3.63, 3.8) is 0 Å². The van der Waals surface area contributed by atoms with E-state index in [1.807, 2.05) is 0 Å². The highest BCUT2D eigenvalue weighted by Crippen LogP contribution is 2.25. The van der Waals surface area contributed by atoms with Gasteiger partial charge in [0.15, 0.2) is 0 Å². The van der Waals surface area contributed by atoms with E-state index >= 15 is 0 Å². The molecule has 0 spiro atoms. The summed E-state index contributed by atoms with van der Waals surface area (Å²) in [6.45, 7) is 7.79. The molecule has 3 nitrogen and oxygen atoms in total. The zero-order valence-electron chi connectivity index (χ0n) is 12.1. The standard InChI is InChI=1S/C16H26N2O/c1-13(2)17-11-14-3-5-16(6-4-14)18-9-7-15(12-18)8-10-19/h3-6,13,15,17,19H,7-12H2,1-2H3. The Bertz CT molecular complexity index is 375. The second-order valence-corrected chi connectivity index (χ2v) is 5.82. The summed E-state index contributed by atoms with van der Waals surface area (Å²) in [5.41, 5.74) is 2.65. The number of aliphatic hydroxyl groups is 1. The molecule has 0 aliphatic carbocycles. The van der Waals surface area contributed by atoms with Crippen LogP contribution in [0.3, 0.4) is 0 Å². The molecule has 1 saturated heterocycles. The van der Waals surface area contributed by atoms with Gasteiger partial charge in [-0.25, -0.2) is 0 Å². The van der Waals surface area contributed by atoms with Crippen LogP contribution in [-0.4, -0.2) is 30.8 Å². The molecule has 106 valence electrons. The molecule has 1 aliphatic heterocycles. The Kier molecular flexibility index (Phi) is 5.23. The van der Waals surface area contributed by atoms with Gasteiger partial charge >= 0.3 is 0 Å². The molecule has 0 radical (unpaired) electrons. The molecule has 0 amide bonds. The molecular formula is C16H26N2O. The number of hydrogen-bond acceptors (Lipinski definition) is 3. The summed E-state index contributed by atoms with van der Waals surface area (Å²) in [4.78, 5) is 2.43. The van der Waals surface area contributed by atoms with Crippen LogP contribution in [0, 0.1) is 5.92 Å². The molecule has 0 saturated carbocycles. The fraction of sp³-hybridized carbons (Fsp3) is 0.625. The maximum absolute atomic E-state index is 9.00. The lowest BCUT2D eigenvalue weighted by Crippen LogP contribution is -2.22. The molecule has 1 heterocycles. The molecule has 2 rings (SSSR count). The molecule has 2 N–H and O–H groups in total. The Labute approximate surface area is 116 Å². The van der Waals surface area contributed by atoms with Crippen LogP contribution >= 0.6 is 0 Å². The number of rotatable bonds is 6. The van der Waals surface area contributed by atoms with E-state index in [2.05, 4.69) is 48.3 Å². The first-order chi connectivity index (χ1) is 9.19. The highest BCUT2D eigenvalue weighted by Gasteiger charge is 2.21. The van der Waals surface area contributed by atoms with Crippen LogP contribution in [-0.2, 0) is 6.54 Å². The highest BCUT2D eigenvalue weighted by atomic mass is 16.3. The van der Waals surface area contributed by atoms with Gasteiger partial charge in [-0.15, -0.1) is 0 Å². The minimum absolute atomic E-state index is 0.318. The third-order valence-corrected chi connectivity index (χ3v) is 3.84. The monoisotopic (exact) mass is 262 g/mol. The van der Waals surface area contributed by atoms with Gasteiger partial charge in [0, 0.05) is 38.0 Å². The van der Waals surface area contributed by atoms with Gasteiger partial charge in [-0.05, 0) is 36.5 Å². The quantitative estimate of drug-likeness (QED) is 0.826. The average Bonchev–Trinajstić information content (AvgIpc) is 2.86. The predicted octanol–water partition coefficient (Wildman–Crippen LogP) is 2.39. The second-order valence-electron chi connectivity index (χ2n) is 5.82. The van der Waals surface area contributed by atoms with E-state index in [0.717, 1.165) is 26.1 Å². The van der Waals surface area contributed by atoms with E-state index in [9.17, 15) is 0 Å². The summed E-state index contributed by atoms with van der Waals surface area (Å²) in [7, 11) is 0.